The van der Waals surface area contributed by atoms with Crippen molar-refractivity contribution in [2.24, 2.45) is 0 Å². The molecule has 0 fully saturated rings. The molecule has 0 spiro atoms. The van der Waals surface area contributed by atoms with Crippen LogP contribution in [0.4, 0.5) is 0 Å². The Morgan fingerprint density at radius 3 is 2.70 bits per heavy atom. The van der Waals surface area contributed by atoms with Crippen molar-refractivity contribution in [3.63, 3.8) is 0 Å². The summed E-state index contributed by atoms with van der Waals surface area (Å²) in [7, 11) is 0. The van der Waals surface area contributed by atoms with Crippen molar-refractivity contribution in [2.45, 2.75) is 32.1 Å². The summed E-state index contributed by atoms with van der Waals surface area (Å²) in [5, 5.41) is 13.9. The zero-order valence-corrected chi connectivity index (χ0v) is 13.7. The molecule has 114 valence electrons. The van der Waals surface area contributed by atoms with Crippen molar-refractivity contribution in [2.75, 3.05) is 25.2 Å². The van der Waals surface area contributed by atoms with Crippen molar-refractivity contribution in [3.8, 4) is 0 Å². The topological polar surface area (TPSA) is 41.5 Å². The van der Waals surface area contributed by atoms with Crippen LogP contribution in [0, 0.1) is 0 Å². The number of aliphatic hydroxyl groups excluding tert-OH is 1. The van der Waals surface area contributed by atoms with Crippen LogP contribution in [-0.2, 0) is 11.3 Å². The zero-order valence-electron chi connectivity index (χ0n) is 12.1. The number of thioether (sulfide) groups is 1. The monoisotopic (exact) mass is 317 g/mol. The highest BCUT2D eigenvalue weighted by atomic mass is 35.5. The van der Waals surface area contributed by atoms with Gasteiger partial charge in [0.15, 0.2) is 0 Å². The summed E-state index contributed by atoms with van der Waals surface area (Å²) in [6.45, 7) is 3.54. The number of hydrogen-bond donors (Lipinski definition) is 2. The van der Waals surface area contributed by atoms with Gasteiger partial charge in [0.05, 0.1) is 19.3 Å². The Morgan fingerprint density at radius 1 is 1.35 bits per heavy atom. The highest BCUT2D eigenvalue weighted by Crippen LogP contribution is 2.10. The minimum Gasteiger partial charge on any atom is -0.389 e. The highest BCUT2D eigenvalue weighted by Gasteiger charge is 2.07. The molecule has 0 radical (unpaired) electrons. The van der Waals surface area contributed by atoms with Gasteiger partial charge in [-0.2, -0.15) is 11.8 Å². The predicted molar refractivity (Wildman–Crippen MR) is 87.6 cm³/mol. The molecule has 0 amide bonds. The van der Waals surface area contributed by atoms with Crippen molar-refractivity contribution >= 4 is 23.4 Å². The normalized spacial score (nSPS) is 14.2. The van der Waals surface area contributed by atoms with Crippen LogP contribution in [0.2, 0.25) is 5.02 Å². The quantitative estimate of drug-likeness (QED) is 0.696. The van der Waals surface area contributed by atoms with Crippen molar-refractivity contribution in [1.29, 1.82) is 0 Å². The summed E-state index contributed by atoms with van der Waals surface area (Å²) in [5.74, 6) is 1.14. The second-order valence-corrected chi connectivity index (χ2v) is 6.31. The lowest BCUT2D eigenvalue weighted by Gasteiger charge is -2.17. The van der Waals surface area contributed by atoms with Gasteiger partial charge < -0.3 is 15.2 Å². The van der Waals surface area contributed by atoms with Crippen LogP contribution in [0.15, 0.2) is 24.3 Å². The number of benzene rings is 1. The summed E-state index contributed by atoms with van der Waals surface area (Å²) in [4.78, 5) is 0. The Bertz CT molecular complexity index is 361. The van der Waals surface area contributed by atoms with Gasteiger partial charge in [-0.1, -0.05) is 23.7 Å². The first-order valence-electron chi connectivity index (χ1n) is 6.84. The van der Waals surface area contributed by atoms with E-state index in [1.54, 1.807) is 0 Å². The lowest BCUT2D eigenvalue weighted by molar-refractivity contribution is 0.0278. The summed E-state index contributed by atoms with van der Waals surface area (Å²) in [6.07, 6.45) is 2.74. The first-order valence-corrected chi connectivity index (χ1v) is 8.61. The maximum atomic E-state index is 9.83. The van der Waals surface area contributed by atoms with E-state index in [0.29, 0.717) is 25.8 Å². The fourth-order valence-electron chi connectivity index (χ4n) is 1.69. The van der Waals surface area contributed by atoms with E-state index in [2.05, 4.69) is 18.5 Å². The summed E-state index contributed by atoms with van der Waals surface area (Å²) < 4.78 is 5.50. The Kier molecular flexibility index (Phi) is 9.31. The lowest BCUT2D eigenvalue weighted by atomic mass is 10.2. The Hall–Kier alpha value is -0.260. The van der Waals surface area contributed by atoms with Gasteiger partial charge in [0.2, 0.25) is 0 Å². The number of ether oxygens (including phenoxy) is 1. The van der Waals surface area contributed by atoms with E-state index in [4.69, 9.17) is 16.3 Å². The fraction of sp³-hybridized carbons (Fsp3) is 0.600. The molecule has 0 heterocycles. The smallest absolute Gasteiger partial charge is 0.0897 e. The number of hydrogen-bond acceptors (Lipinski definition) is 4. The number of nitrogens with one attached hydrogen (secondary N) is 1. The molecule has 0 aliphatic heterocycles. The Balaban J connectivity index is 2.10. The van der Waals surface area contributed by atoms with Crippen LogP contribution in [0.1, 0.15) is 18.9 Å². The molecule has 1 aromatic carbocycles. The average molecular weight is 318 g/mol. The molecule has 2 atom stereocenters. The second kappa shape index (κ2) is 10.5. The van der Waals surface area contributed by atoms with Gasteiger partial charge in [0, 0.05) is 17.6 Å². The van der Waals surface area contributed by atoms with Crippen LogP contribution < -0.4 is 5.32 Å². The van der Waals surface area contributed by atoms with Gasteiger partial charge >= 0.3 is 0 Å². The first-order chi connectivity index (χ1) is 9.61. The van der Waals surface area contributed by atoms with E-state index in [1.165, 1.54) is 0 Å². The minimum absolute atomic E-state index is 0.338. The summed E-state index contributed by atoms with van der Waals surface area (Å²) >= 11 is 7.65. The third-order valence-electron chi connectivity index (χ3n) is 2.95. The molecular weight excluding hydrogens is 294 g/mol. The van der Waals surface area contributed by atoms with Gasteiger partial charge in [0.25, 0.3) is 0 Å². The van der Waals surface area contributed by atoms with Gasteiger partial charge in [-0.3, -0.25) is 0 Å². The summed E-state index contributed by atoms with van der Waals surface area (Å²) in [5.41, 5.74) is 1.06. The van der Waals surface area contributed by atoms with E-state index in [9.17, 15) is 5.11 Å². The van der Waals surface area contributed by atoms with Gasteiger partial charge in [0.1, 0.15) is 0 Å². The van der Waals surface area contributed by atoms with Crippen molar-refractivity contribution < 1.29 is 9.84 Å². The first kappa shape index (κ1) is 17.8. The van der Waals surface area contributed by atoms with Crippen LogP contribution in [0.5, 0.6) is 0 Å². The SMILES string of the molecule is CSCCC(C)NCC(O)COCc1ccc(Cl)cc1. The zero-order chi connectivity index (χ0) is 14.8. The lowest BCUT2D eigenvalue weighted by Crippen LogP contribution is -2.36. The molecule has 0 aliphatic rings. The Labute approximate surface area is 131 Å². The predicted octanol–water partition coefficient (Wildman–Crippen LogP) is 2.95. The molecule has 20 heavy (non-hydrogen) atoms. The number of rotatable bonds is 10. The van der Waals surface area contributed by atoms with Gasteiger partial charge in [-0.05, 0) is 43.0 Å². The number of halogens is 1. The maximum Gasteiger partial charge on any atom is 0.0897 e. The third-order valence-corrected chi connectivity index (χ3v) is 3.85. The second-order valence-electron chi connectivity index (χ2n) is 4.89. The van der Waals surface area contributed by atoms with Crippen LogP contribution in [0.25, 0.3) is 0 Å². The van der Waals surface area contributed by atoms with Gasteiger partial charge in [-0.15, -0.1) is 0 Å². The minimum atomic E-state index is -0.473. The maximum absolute atomic E-state index is 9.83. The van der Waals surface area contributed by atoms with Crippen molar-refractivity contribution in [1.82, 2.24) is 5.32 Å². The van der Waals surface area contributed by atoms with E-state index < -0.39 is 6.10 Å². The molecule has 2 unspecified atom stereocenters. The molecule has 0 bridgehead atoms. The highest BCUT2D eigenvalue weighted by molar-refractivity contribution is 7.98. The molecule has 0 saturated heterocycles. The summed E-state index contributed by atoms with van der Waals surface area (Å²) in [6, 6.07) is 7.96. The molecule has 0 saturated carbocycles. The molecule has 1 rings (SSSR count). The van der Waals surface area contributed by atoms with Crippen molar-refractivity contribution in [3.05, 3.63) is 34.9 Å². The largest absolute Gasteiger partial charge is 0.389 e. The fourth-order valence-corrected chi connectivity index (χ4v) is 2.40. The molecule has 0 aromatic heterocycles. The Morgan fingerprint density at radius 2 is 2.05 bits per heavy atom. The van der Waals surface area contributed by atoms with E-state index >= 15 is 0 Å². The van der Waals surface area contributed by atoms with Crippen LogP contribution in [-0.4, -0.2) is 42.4 Å². The third kappa shape index (κ3) is 8.12. The molecule has 5 heteroatoms. The van der Waals surface area contributed by atoms with Crippen LogP contribution >= 0.6 is 23.4 Å². The molecule has 2 N–H and O–H groups in total. The number of aliphatic hydroxyl groups is 1. The molecule has 3 nitrogen and oxygen atoms in total. The van der Waals surface area contributed by atoms with E-state index in [1.807, 2.05) is 36.0 Å². The molecule has 1 aromatic rings. The van der Waals surface area contributed by atoms with E-state index in [0.717, 1.165) is 22.8 Å². The molecular formula is C15H24ClNO2S. The van der Waals surface area contributed by atoms with Gasteiger partial charge in [-0.25, -0.2) is 0 Å². The van der Waals surface area contributed by atoms with Crippen LogP contribution in [0.3, 0.4) is 0 Å². The standard InChI is InChI=1S/C15H24ClNO2S/c1-12(7-8-20-2)17-9-15(18)11-19-10-13-3-5-14(16)6-4-13/h3-6,12,15,17-18H,7-11H2,1-2H3. The van der Waals surface area contributed by atoms with E-state index in [-0.39, 0.29) is 0 Å². The average Bonchev–Trinajstić information content (AvgIpc) is 2.45. The molecule has 0 aliphatic carbocycles.